The first-order chi connectivity index (χ1) is 11.1. The van der Waals surface area contributed by atoms with Gasteiger partial charge in [-0.05, 0) is 29.8 Å². The molecule has 0 aliphatic heterocycles. The molecule has 0 aliphatic rings. The number of carbonyl (C=O) groups is 1. The highest BCUT2D eigenvalue weighted by molar-refractivity contribution is 5.77. The van der Waals surface area contributed by atoms with E-state index in [1.165, 1.54) is 12.1 Å². The molecular formula is C18H18FN3O. The van der Waals surface area contributed by atoms with Crippen LogP contribution in [0.2, 0.25) is 0 Å². The van der Waals surface area contributed by atoms with E-state index in [1.807, 2.05) is 28.8 Å². The van der Waals surface area contributed by atoms with Gasteiger partial charge >= 0.3 is 0 Å². The van der Waals surface area contributed by atoms with E-state index in [-0.39, 0.29) is 11.7 Å². The maximum Gasteiger partial charge on any atom is 0.224 e. The number of aromatic nitrogens is 2. The number of imidazole rings is 1. The van der Waals surface area contributed by atoms with Crippen molar-refractivity contribution in [3.05, 3.63) is 66.2 Å². The number of carbonyl (C=O) groups excluding carboxylic acids is 1. The zero-order valence-electron chi connectivity index (χ0n) is 12.9. The number of fused-ring (bicyclic) bond motifs is 1. The monoisotopic (exact) mass is 311 g/mol. The largest absolute Gasteiger partial charge is 0.341 e. The lowest BCUT2D eigenvalue weighted by Gasteiger charge is -2.17. The lowest BCUT2D eigenvalue weighted by Crippen LogP contribution is -2.27. The lowest BCUT2D eigenvalue weighted by atomic mass is 10.2. The van der Waals surface area contributed by atoms with E-state index in [0.717, 1.165) is 16.6 Å². The van der Waals surface area contributed by atoms with Gasteiger partial charge in [0.2, 0.25) is 5.91 Å². The Hall–Kier alpha value is -2.69. The summed E-state index contributed by atoms with van der Waals surface area (Å²) in [7, 11) is 1.76. The topological polar surface area (TPSA) is 38.1 Å². The Labute approximate surface area is 134 Å². The molecule has 0 spiro atoms. The SMILES string of the molecule is CN(Cc1ccc(F)cc1)C(=O)CCn1cnc2ccccc21. The molecule has 0 fully saturated rings. The third-order valence-electron chi connectivity index (χ3n) is 3.85. The normalized spacial score (nSPS) is 10.9. The van der Waals surface area contributed by atoms with Gasteiger partial charge in [0, 0.05) is 26.6 Å². The minimum absolute atomic E-state index is 0.0482. The van der Waals surface area contributed by atoms with E-state index < -0.39 is 0 Å². The van der Waals surface area contributed by atoms with Gasteiger partial charge in [0.15, 0.2) is 0 Å². The number of hydrogen-bond donors (Lipinski definition) is 0. The van der Waals surface area contributed by atoms with Crippen molar-refractivity contribution in [3.63, 3.8) is 0 Å². The Balaban J connectivity index is 1.59. The van der Waals surface area contributed by atoms with E-state index in [0.29, 0.717) is 19.5 Å². The van der Waals surface area contributed by atoms with E-state index in [9.17, 15) is 9.18 Å². The molecule has 1 heterocycles. The van der Waals surface area contributed by atoms with E-state index in [4.69, 9.17) is 0 Å². The molecule has 3 aromatic rings. The van der Waals surface area contributed by atoms with Crippen LogP contribution < -0.4 is 0 Å². The molecule has 5 heteroatoms. The van der Waals surface area contributed by atoms with Crippen LogP contribution in [0.15, 0.2) is 54.9 Å². The van der Waals surface area contributed by atoms with Crippen molar-refractivity contribution < 1.29 is 9.18 Å². The van der Waals surface area contributed by atoms with Crippen molar-refractivity contribution in [3.8, 4) is 0 Å². The maximum atomic E-state index is 12.9. The molecule has 0 aliphatic carbocycles. The molecule has 0 atom stereocenters. The van der Waals surface area contributed by atoms with E-state index >= 15 is 0 Å². The smallest absolute Gasteiger partial charge is 0.224 e. The summed E-state index contributed by atoms with van der Waals surface area (Å²) in [5.41, 5.74) is 2.87. The van der Waals surface area contributed by atoms with Gasteiger partial charge in [0.05, 0.1) is 17.4 Å². The van der Waals surface area contributed by atoms with E-state index in [1.54, 1.807) is 30.4 Å². The number of benzene rings is 2. The fourth-order valence-electron chi connectivity index (χ4n) is 2.55. The van der Waals surface area contributed by atoms with Crippen LogP contribution in [-0.4, -0.2) is 27.4 Å². The molecule has 0 N–H and O–H groups in total. The van der Waals surface area contributed by atoms with Crippen molar-refractivity contribution in [2.24, 2.45) is 0 Å². The van der Waals surface area contributed by atoms with E-state index in [2.05, 4.69) is 4.98 Å². The molecule has 0 radical (unpaired) electrons. The highest BCUT2D eigenvalue weighted by Gasteiger charge is 2.10. The first-order valence-electron chi connectivity index (χ1n) is 7.52. The Morgan fingerprint density at radius 2 is 1.91 bits per heavy atom. The molecule has 0 saturated heterocycles. The van der Waals surface area contributed by atoms with Crippen molar-refractivity contribution in [2.45, 2.75) is 19.5 Å². The second kappa shape index (κ2) is 6.60. The van der Waals surface area contributed by atoms with Gasteiger partial charge in [-0.25, -0.2) is 9.37 Å². The predicted octanol–water partition coefficient (Wildman–Crippen LogP) is 3.22. The number of nitrogens with zero attached hydrogens (tertiary/aromatic N) is 3. The number of halogens is 1. The second-order valence-corrected chi connectivity index (χ2v) is 5.55. The van der Waals surface area contributed by atoms with Crippen LogP contribution in [0.5, 0.6) is 0 Å². The van der Waals surface area contributed by atoms with Gasteiger partial charge in [0.25, 0.3) is 0 Å². The molecule has 0 unspecified atom stereocenters. The quantitative estimate of drug-likeness (QED) is 0.725. The Bertz CT molecular complexity index is 811. The zero-order chi connectivity index (χ0) is 16.2. The van der Waals surface area contributed by atoms with Crippen molar-refractivity contribution in [1.29, 1.82) is 0 Å². The van der Waals surface area contributed by atoms with Gasteiger partial charge in [-0.2, -0.15) is 0 Å². The summed E-state index contributed by atoms with van der Waals surface area (Å²) in [6.07, 6.45) is 2.16. The van der Waals surface area contributed by atoms with Gasteiger partial charge in [-0.1, -0.05) is 24.3 Å². The third-order valence-corrected chi connectivity index (χ3v) is 3.85. The summed E-state index contributed by atoms with van der Waals surface area (Å²) < 4.78 is 14.9. The van der Waals surface area contributed by atoms with Crippen LogP contribution in [0.3, 0.4) is 0 Å². The van der Waals surface area contributed by atoms with Crippen LogP contribution in [0.4, 0.5) is 4.39 Å². The minimum Gasteiger partial charge on any atom is -0.341 e. The average Bonchev–Trinajstić information content (AvgIpc) is 2.98. The highest BCUT2D eigenvalue weighted by Crippen LogP contribution is 2.13. The van der Waals surface area contributed by atoms with Crippen molar-refractivity contribution >= 4 is 16.9 Å². The molecule has 0 bridgehead atoms. The molecule has 1 aromatic heterocycles. The first-order valence-corrected chi connectivity index (χ1v) is 7.52. The Kier molecular flexibility index (Phi) is 4.37. The zero-order valence-corrected chi connectivity index (χ0v) is 12.9. The summed E-state index contributed by atoms with van der Waals surface area (Å²) in [4.78, 5) is 18.2. The lowest BCUT2D eigenvalue weighted by molar-refractivity contribution is -0.130. The summed E-state index contributed by atoms with van der Waals surface area (Å²) >= 11 is 0. The van der Waals surface area contributed by atoms with Crippen molar-refractivity contribution in [2.75, 3.05) is 7.05 Å². The van der Waals surface area contributed by atoms with Crippen LogP contribution in [0.1, 0.15) is 12.0 Å². The van der Waals surface area contributed by atoms with Gasteiger partial charge in [0.1, 0.15) is 5.82 Å². The fraction of sp³-hybridized carbons (Fsp3) is 0.222. The molecule has 2 aromatic carbocycles. The van der Waals surface area contributed by atoms with Crippen molar-refractivity contribution in [1.82, 2.24) is 14.5 Å². The second-order valence-electron chi connectivity index (χ2n) is 5.55. The predicted molar refractivity (Wildman–Crippen MR) is 87.2 cm³/mol. The molecule has 1 amide bonds. The summed E-state index contributed by atoms with van der Waals surface area (Å²) in [6.45, 7) is 1.07. The number of hydrogen-bond acceptors (Lipinski definition) is 2. The highest BCUT2D eigenvalue weighted by atomic mass is 19.1. The molecule has 0 saturated carbocycles. The molecule has 23 heavy (non-hydrogen) atoms. The van der Waals surface area contributed by atoms with Gasteiger partial charge < -0.3 is 9.47 Å². The number of aryl methyl sites for hydroxylation is 1. The Morgan fingerprint density at radius 1 is 1.17 bits per heavy atom. The third kappa shape index (κ3) is 3.56. The molecular weight excluding hydrogens is 293 g/mol. The number of amides is 1. The summed E-state index contributed by atoms with van der Waals surface area (Å²) in [5, 5.41) is 0. The van der Waals surface area contributed by atoms with Crippen LogP contribution in [0, 0.1) is 5.82 Å². The van der Waals surface area contributed by atoms with Crippen LogP contribution >= 0.6 is 0 Å². The fourth-order valence-corrected chi connectivity index (χ4v) is 2.55. The van der Waals surface area contributed by atoms with Gasteiger partial charge in [-0.3, -0.25) is 4.79 Å². The van der Waals surface area contributed by atoms with Gasteiger partial charge in [-0.15, -0.1) is 0 Å². The molecule has 118 valence electrons. The maximum absolute atomic E-state index is 12.9. The number of para-hydroxylation sites is 2. The standard InChI is InChI=1S/C18H18FN3O/c1-21(12-14-6-8-15(19)9-7-14)18(23)10-11-22-13-20-16-4-2-3-5-17(16)22/h2-9,13H,10-12H2,1H3. The summed E-state index contributed by atoms with van der Waals surface area (Å²) in [6, 6.07) is 14.1. The van der Waals surface area contributed by atoms with Crippen LogP contribution in [0.25, 0.3) is 11.0 Å². The average molecular weight is 311 g/mol. The molecule has 3 rings (SSSR count). The molecule has 4 nitrogen and oxygen atoms in total. The number of rotatable bonds is 5. The summed E-state index contributed by atoms with van der Waals surface area (Å²) in [5.74, 6) is -0.221. The first kappa shape index (κ1) is 15.2. The Morgan fingerprint density at radius 3 is 2.70 bits per heavy atom. The minimum atomic E-state index is -0.269. The van der Waals surface area contributed by atoms with Crippen LogP contribution in [-0.2, 0) is 17.9 Å².